The average molecular weight is 290 g/mol. The molecule has 1 saturated heterocycles. The highest BCUT2D eigenvalue weighted by Gasteiger charge is 2.29. The predicted molar refractivity (Wildman–Crippen MR) is 84.9 cm³/mol. The van der Waals surface area contributed by atoms with Crippen molar-refractivity contribution in [3.8, 4) is 0 Å². The Bertz CT molecular complexity index is 475. The number of hydrogen-bond acceptors (Lipinski definition) is 5. The van der Waals surface area contributed by atoms with Gasteiger partial charge in [0.15, 0.2) is 0 Å². The van der Waals surface area contributed by atoms with Crippen molar-refractivity contribution in [1.82, 2.24) is 9.97 Å². The Hall–Kier alpha value is -1.36. The zero-order valence-electron chi connectivity index (χ0n) is 12.9. The van der Waals surface area contributed by atoms with Crippen LogP contribution in [0, 0.1) is 0 Å². The second-order valence-electron chi connectivity index (χ2n) is 6.15. The highest BCUT2D eigenvalue weighted by molar-refractivity contribution is 5.51. The van der Waals surface area contributed by atoms with Crippen LogP contribution in [0.2, 0.25) is 0 Å². The van der Waals surface area contributed by atoms with Crippen LogP contribution in [-0.4, -0.2) is 40.8 Å². The van der Waals surface area contributed by atoms with Crippen LogP contribution in [0.25, 0.3) is 0 Å². The zero-order chi connectivity index (χ0) is 14.7. The third-order valence-electron chi connectivity index (χ3n) is 4.41. The second kappa shape index (κ2) is 6.60. The Morgan fingerprint density at radius 1 is 1.24 bits per heavy atom. The van der Waals surface area contributed by atoms with Gasteiger partial charge in [-0.3, -0.25) is 0 Å². The SMILES string of the molecule is CCNc1cc(N2CCCCCC2CO)nc(C2CC2)n1. The third kappa shape index (κ3) is 3.46. The largest absolute Gasteiger partial charge is 0.394 e. The maximum Gasteiger partial charge on any atom is 0.136 e. The number of anilines is 2. The molecule has 21 heavy (non-hydrogen) atoms. The van der Waals surface area contributed by atoms with E-state index in [2.05, 4.69) is 22.1 Å². The van der Waals surface area contributed by atoms with Crippen LogP contribution in [0.3, 0.4) is 0 Å². The van der Waals surface area contributed by atoms with Gasteiger partial charge >= 0.3 is 0 Å². The van der Waals surface area contributed by atoms with Crippen LogP contribution in [0.15, 0.2) is 6.07 Å². The van der Waals surface area contributed by atoms with Gasteiger partial charge in [0.05, 0.1) is 12.6 Å². The molecule has 2 aliphatic rings. The molecule has 1 unspecified atom stereocenters. The number of nitrogens with one attached hydrogen (secondary N) is 1. The van der Waals surface area contributed by atoms with Crippen molar-refractivity contribution in [2.75, 3.05) is 29.9 Å². The molecule has 2 heterocycles. The maximum atomic E-state index is 9.71. The molecule has 0 amide bonds. The summed E-state index contributed by atoms with van der Waals surface area (Å²) < 4.78 is 0. The van der Waals surface area contributed by atoms with Gasteiger partial charge in [0, 0.05) is 25.1 Å². The minimum atomic E-state index is 0.198. The van der Waals surface area contributed by atoms with E-state index in [1.807, 2.05) is 6.07 Å². The number of hydrogen-bond donors (Lipinski definition) is 2. The topological polar surface area (TPSA) is 61.3 Å². The van der Waals surface area contributed by atoms with Crippen molar-refractivity contribution in [2.24, 2.45) is 0 Å². The molecule has 0 radical (unpaired) electrons. The van der Waals surface area contributed by atoms with Crippen LogP contribution in [0.4, 0.5) is 11.6 Å². The molecule has 1 saturated carbocycles. The van der Waals surface area contributed by atoms with Crippen molar-refractivity contribution in [3.63, 3.8) is 0 Å². The average Bonchev–Trinajstić information content (AvgIpc) is 3.33. The lowest BCUT2D eigenvalue weighted by atomic mass is 10.1. The van der Waals surface area contributed by atoms with E-state index >= 15 is 0 Å². The normalized spacial score (nSPS) is 23.0. The molecule has 1 atom stereocenters. The zero-order valence-corrected chi connectivity index (χ0v) is 12.9. The van der Waals surface area contributed by atoms with E-state index in [0.29, 0.717) is 5.92 Å². The first-order valence-corrected chi connectivity index (χ1v) is 8.32. The van der Waals surface area contributed by atoms with Gasteiger partial charge in [0.25, 0.3) is 0 Å². The maximum absolute atomic E-state index is 9.71. The molecule has 0 aromatic carbocycles. The van der Waals surface area contributed by atoms with Gasteiger partial charge < -0.3 is 15.3 Å². The van der Waals surface area contributed by atoms with E-state index in [4.69, 9.17) is 4.98 Å². The fourth-order valence-electron chi connectivity index (χ4n) is 3.06. The van der Waals surface area contributed by atoms with Gasteiger partial charge in [-0.15, -0.1) is 0 Å². The molecule has 1 aliphatic carbocycles. The van der Waals surface area contributed by atoms with E-state index in [1.165, 1.54) is 32.1 Å². The van der Waals surface area contributed by atoms with Gasteiger partial charge in [0.2, 0.25) is 0 Å². The molecule has 2 N–H and O–H groups in total. The summed E-state index contributed by atoms with van der Waals surface area (Å²) in [6, 6.07) is 2.24. The van der Waals surface area contributed by atoms with Crippen LogP contribution >= 0.6 is 0 Å². The van der Waals surface area contributed by atoms with Crippen molar-refractivity contribution in [3.05, 3.63) is 11.9 Å². The lowest BCUT2D eigenvalue weighted by molar-refractivity contribution is 0.254. The number of nitrogens with zero attached hydrogens (tertiary/aromatic N) is 3. The number of aliphatic hydroxyl groups excluding tert-OH is 1. The molecule has 1 aromatic rings. The molecule has 1 aromatic heterocycles. The second-order valence-corrected chi connectivity index (χ2v) is 6.15. The monoisotopic (exact) mass is 290 g/mol. The van der Waals surface area contributed by atoms with E-state index in [0.717, 1.165) is 37.0 Å². The molecule has 3 rings (SSSR count). The van der Waals surface area contributed by atoms with Gasteiger partial charge in [-0.1, -0.05) is 12.8 Å². The standard InChI is InChI=1S/C16H26N4O/c1-2-17-14-10-15(19-16(18-14)12-7-8-12)20-9-5-3-4-6-13(20)11-21/h10,12-13,21H,2-9,11H2,1H3,(H,17,18,19). The Balaban J connectivity index is 1.90. The number of rotatable bonds is 5. The highest BCUT2D eigenvalue weighted by Crippen LogP contribution is 2.39. The van der Waals surface area contributed by atoms with E-state index in [9.17, 15) is 5.11 Å². The first-order valence-electron chi connectivity index (χ1n) is 8.32. The summed E-state index contributed by atoms with van der Waals surface area (Å²) in [6.07, 6.45) is 7.08. The minimum Gasteiger partial charge on any atom is -0.394 e. The molecule has 5 heteroatoms. The van der Waals surface area contributed by atoms with Crippen molar-refractivity contribution in [2.45, 2.75) is 57.4 Å². The Labute approximate surface area is 126 Å². The van der Waals surface area contributed by atoms with E-state index in [-0.39, 0.29) is 12.6 Å². The number of aromatic nitrogens is 2. The van der Waals surface area contributed by atoms with E-state index in [1.54, 1.807) is 0 Å². The fraction of sp³-hybridized carbons (Fsp3) is 0.750. The predicted octanol–water partition coefficient (Wildman–Crippen LogP) is 2.53. The molecule has 0 bridgehead atoms. The summed E-state index contributed by atoms with van der Waals surface area (Å²) in [4.78, 5) is 11.7. The Kier molecular flexibility index (Phi) is 4.58. The molecule has 2 fully saturated rings. The summed E-state index contributed by atoms with van der Waals surface area (Å²) in [6.45, 7) is 4.14. The van der Waals surface area contributed by atoms with Crippen molar-refractivity contribution >= 4 is 11.6 Å². The van der Waals surface area contributed by atoms with Crippen LogP contribution in [-0.2, 0) is 0 Å². The van der Waals surface area contributed by atoms with Crippen molar-refractivity contribution < 1.29 is 5.11 Å². The molecule has 5 nitrogen and oxygen atoms in total. The van der Waals surface area contributed by atoms with Gasteiger partial charge in [-0.05, 0) is 32.6 Å². The lowest BCUT2D eigenvalue weighted by Crippen LogP contribution is -2.38. The first-order chi connectivity index (χ1) is 10.3. The Morgan fingerprint density at radius 2 is 2.10 bits per heavy atom. The molecule has 116 valence electrons. The summed E-state index contributed by atoms with van der Waals surface area (Å²) >= 11 is 0. The van der Waals surface area contributed by atoms with E-state index < -0.39 is 0 Å². The summed E-state index contributed by atoms with van der Waals surface area (Å²) in [5.74, 6) is 3.43. The number of aliphatic hydroxyl groups is 1. The fourth-order valence-corrected chi connectivity index (χ4v) is 3.06. The highest BCUT2D eigenvalue weighted by atomic mass is 16.3. The molecule has 1 aliphatic heterocycles. The summed E-state index contributed by atoms with van der Waals surface area (Å²) in [7, 11) is 0. The smallest absolute Gasteiger partial charge is 0.136 e. The van der Waals surface area contributed by atoms with Crippen LogP contribution in [0.5, 0.6) is 0 Å². The third-order valence-corrected chi connectivity index (χ3v) is 4.41. The molecule has 0 spiro atoms. The van der Waals surface area contributed by atoms with Gasteiger partial charge in [0.1, 0.15) is 17.5 Å². The molecular formula is C16H26N4O. The lowest BCUT2D eigenvalue weighted by Gasteiger charge is -2.30. The first kappa shape index (κ1) is 14.6. The minimum absolute atomic E-state index is 0.198. The van der Waals surface area contributed by atoms with Crippen LogP contribution < -0.4 is 10.2 Å². The summed E-state index contributed by atoms with van der Waals surface area (Å²) in [5.41, 5.74) is 0. The summed E-state index contributed by atoms with van der Waals surface area (Å²) in [5, 5.41) is 13.0. The quantitative estimate of drug-likeness (QED) is 0.872. The van der Waals surface area contributed by atoms with Gasteiger partial charge in [-0.2, -0.15) is 0 Å². The van der Waals surface area contributed by atoms with Crippen molar-refractivity contribution in [1.29, 1.82) is 0 Å². The molecular weight excluding hydrogens is 264 g/mol. The Morgan fingerprint density at radius 3 is 2.81 bits per heavy atom. The van der Waals surface area contributed by atoms with Gasteiger partial charge in [-0.25, -0.2) is 9.97 Å². The van der Waals surface area contributed by atoms with Crippen LogP contribution in [0.1, 0.15) is 57.2 Å².